The Morgan fingerprint density at radius 2 is 1.71 bits per heavy atom. The summed E-state index contributed by atoms with van der Waals surface area (Å²) >= 11 is 0. The van der Waals surface area contributed by atoms with E-state index in [1.54, 1.807) is 0 Å². The summed E-state index contributed by atoms with van der Waals surface area (Å²) in [6, 6.07) is 17.4. The van der Waals surface area contributed by atoms with Crippen LogP contribution in [-0.2, 0) is 9.59 Å². The first-order chi connectivity index (χ1) is 13.6. The number of piperidine rings is 1. The molecule has 148 valence electrons. The number of carbonyl (C=O) groups excluding carboxylic acids is 2. The maximum absolute atomic E-state index is 12.1. The first-order valence-electron chi connectivity index (χ1n) is 9.74. The second-order valence-electron chi connectivity index (χ2n) is 7.02. The largest absolute Gasteiger partial charge is 0.494 e. The SMILES string of the molecule is NC(=O)C1CCN(c2ccc(NC(=O)CCCOc3ccccc3)cc2)CC1. The van der Waals surface area contributed by atoms with Gasteiger partial charge in [0.05, 0.1) is 6.61 Å². The Morgan fingerprint density at radius 1 is 1.04 bits per heavy atom. The molecule has 1 fully saturated rings. The van der Waals surface area contributed by atoms with Crippen molar-refractivity contribution in [1.29, 1.82) is 0 Å². The zero-order valence-electron chi connectivity index (χ0n) is 16.0. The lowest BCUT2D eigenvalue weighted by Gasteiger charge is -2.32. The summed E-state index contributed by atoms with van der Waals surface area (Å²) < 4.78 is 5.60. The van der Waals surface area contributed by atoms with Gasteiger partial charge in [0.15, 0.2) is 0 Å². The van der Waals surface area contributed by atoms with Crippen LogP contribution in [0.25, 0.3) is 0 Å². The minimum absolute atomic E-state index is 0.0133. The lowest BCUT2D eigenvalue weighted by atomic mass is 9.96. The Kier molecular flexibility index (Phi) is 6.89. The molecule has 1 saturated heterocycles. The number of hydrogen-bond acceptors (Lipinski definition) is 4. The number of hydrogen-bond donors (Lipinski definition) is 2. The predicted molar refractivity (Wildman–Crippen MR) is 110 cm³/mol. The quantitative estimate of drug-likeness (QED) is 0.688. The van der Waals surface area contributed by atoms with Crippen molar-refractivity contribution in [3.8, 4) is 5.75 Å². The fourth-order valence-electron chi connectivity index (χ4n) is 3.34. The number of benzene rings is 2. The minimum atomic E-state index is -0.202. The third kappa shape index (κ3) is 5.74. The summed E-state index contributed by atoms with van der Waals surface area (Å²) in [6.07, 6.45) is 2.65. The summed E-state index contributed by atoms with van der Waals surface area (Å²) in [5.74, 6) is 0.581. The second kappa shape index (κ2) is 9.78. The van der Waals surface area contributed by atoms with Gasteiger partial charge in [0.25, 0.3) is 0 Å². The molecule has 0 radical (unpaired) electrons. The van der Waals surface area contributed by atoms with Crippen LogP contribution in [0, 0.1) is 5.92 Å². The van der Waals surface area contributed by atoms with Crippen LogP contribution in [0.5, 0.6) is 5.75 Å². The van der Waals surface area contributed by atoms with E-state index >= 15 is 0 Å². The summed E-state index contributed by atoms with van der Waals surface area (Å²) in [5.41, 5.74) is 7.26. The molecule has 1 aliphatic heterocycles. The Balaban J connectivity index is 1.39. The molecule has 2 aromatic carbocycles. The number of ether oxygens (including phenoxy) is 1. The van der Waals surface area contributed by atoms with Gasteiger partial charge < -0.3 is 20.7 Å². The van der Waals surface area contributed by atoms with Crippen molar-refractivity contribution in [3.63, 3.8) is 0 Å². The van der Waals surface area contributed by atoms with E-state index in [0.717, 1.165) is 43.1 Å². The molecular formula is C22H27N3O3. The summed E-state index contributed by atoms with van der Waals surface area (Å²) in [6.45, 7) is 2.15. The van der Waals surface area contributed by atoms with Crippen LogP contribution in [0.4, 0.5) is 11.4 Å². The van der Waals surface area contributed by atoms with Crippen molar-refractivity contribution >= 4 is 23.2 Å². The number of amides is 2. The standard InChI is InChI=1S/C22H27N3O3/c23-22(27)17-12-14-25(15-13-17)19-10-8-18(9-11-19)24-21(26)7-4-16-28-20-5-2-1-3-6-20/h1-3,5-6,8-11,17H,4,7,12-16H2,(H2,23,27)(H,24,26). The molecule has 0 unspecified atom stereocenters. The van der Waals surface area contributed by atoms with E-state index in [4.69, 9.17) is 10.5 Å². The van der Waals surface area contributed by atoms with Crippen molar-refractivity contribution in [2.45, 2.75) is 25.7 Å². The highest BCUT2D eigenvalue weighted by atomic mass is 16.5. The predicted octanol–water partition coefficient (Wildman–Crippen LogP) is 3.19. The van der Waals surface area contributed by atoms with Crippen molar-refractivity contribution < 1.29 is 14.3 Å². The van der Waals surface area contributed by atoms with Gasteiger partial charge in [-0.3, -0.25) is 9.59 Å². The van der Waals surface area contributed by atoms with Gasteiger partial charge in [-0.1, -0.05) is 18.2 Å². The number of anilines is 2. The molecule has 28 heavy (non-hydrogen) atoms. The van der Waals surface area contributed by atoms with Crippen molar-refractivity contribution in [1.82, 2.24) is 0 Å². The first-order valence-corrected chi connectivity index (χ1v) is 9.74. The topological polar surface area (TPSA) is 84.7 Å². The van der Waals surface area contributed by atoms with Gasteiger partial charge in [-0.15, -0.1) is 0 Å². The third-order valence-electron chi connectivity index (χ3n) is 4.97. The van der Waals surface area contributed by atoms with E-state index in [-0.39, 0.29) is 17.7 Å². The summed E-state index contributed by atoms with van der Waals surface area (Å²) in [5, 5.41) is 2.92. The molecule has 1 heterocycles. The molecule has 0 saturated carbocycles. The molecule has 6 nitrogen and oxygen atoms in total. The zero-order chi connectivity index (χ0) is 19.8. The number of nitrogens with two attached hydrogens (primary N) is 1. The van der Waals surface area contributed by atoms with Gasteiger partial charge in [0.2, 0.25) is 11.8 Å². The second-order valence-corrected chi connectivity index (χ2v) is 7.02. The highest BCUT2D eigenvalue weighted by molar-refractivity contribution is 5.90. The molecule has 3 rings (SSSR count). The van der Waals surface area contributed by atoms with E-state index in [2.05, 4.69) is 10.2 Å². The van der Waals surface area contributed by atoms with E-state index in [1.165, 1.54) is 0 Å². The van der Waals surface area contributed by atoms with Gasteiger partial charge in [0.1, 0.15) is 5.75 Å². The average molecular weight is 381 g/mol. The minimum Gasteiger partial charge on any atom is -0.494 e. The fourth-order valence-corrected chi connectivity index (χ4v) is 3.34. The van der Waals surface area contributed by atoms with Crippen LogP contribution < -0.4 is 20.7 Å². The average Bonchev–Trinajstić information content (AvgIpc) is 2.73. The van der Waals surface area contributed by atoms with Gasteiger partial charge in [0, 0.05) is 36.8 Å². The fraction of sp³-hybridized carbons (Fsp3) is 0.364. The van der Waals surface area contributed by atoms with E-state index < -0.39 is 0 Å². The number of para-hydroxylation sites is 1. The smallest absolute Gasteiger partial charge is 0.224 e. The van der Waals surface area contributed by atoms with Gasteiger partial charge in [-0.2, -0.15) is 0 Å². The molecule has 0 spiro atoms. The molecular weight excluding hydrogens is 354 g/mol. The monoisotopic (exact) mass is 381 g/mol. The molecule has 6 heteroatoms. The number of carbonyl (C=O) groups is 2. The molecule has 2 amide bonds. The van der Waals surface area contributed by atoms with Crippen LogP contribution >= 0.6 is 0 Å². The summed E-state index contributed by atoms with van der Waals surface area (Å²) in [7, 11) is 0. The first kappa shape index (κ1) is 19.7. The van der Waals surface area contributed by atoms with Crippen molar-refractivity contribution in [2.75, 3.05) is 29.9 Å². The van der Waals surface area contributed by atoms with Gasteiger partial charge >= 0.3 is 0 Å². The Morgan fingerprint density at radius 3 is 2.36 bits per heavy atom. The van der Waals surface area contributed by atoms with Crippen molar-refractivity contribution in [2.24, 2.45) is 11.7 Å². The Labute approximate surface area is 165 Å². The van der Waals surface area contributed by atoms with Gasteiger partial charge in [-0.25, -0.2) is 0 Å². The highest BCUT2D eigenvalue weighted by Gasteiger charge is 2.23. The molecule has 0 bridgehead atoms. The van der Waals surface area contributed by atoms with E-state index in [1.807, 2.05) is 54.6 Å². The Bertz CT molecular complexity index is 769. The molecule has 0 aliphatic carbocycles. The van der Waals surface area contributed by atoms with Crippen LogP contribution in [0.15, 0.2) is 54.6 Å². The maximum atomic E-state index is 12.1. The number of nitrogens with one attached hydrogen (secondary N) is 1. The van der Waals surface area contributed by atoms with Crippen LogP contribution in [-0.4, -0.2) is 31.5 Å². The molecule has 2 aromatic rings. The normalized spacial score (nSPS) is 14.5. The van der Waals surface area contributed by atoms with Gasteiger partial charge in [-0.05, 0) is 55.7 Å². The van der Waals surface area contributed by atoms with Crippen LogP contribution in [0.2, 0.25) is 0 Å². The molecule has 3 N–H and O–H groups in total. The lowest BCUT2D eigenvalue weighted by molar-refractivity contribution is -0.122. The number of rotatable bonds is 8. The number of nitrogens with zero attached hydrogens (tertiary/aromatic N) is 1. The highest BCUT2D eigenvalue weighted by Crippen LogP contribution is 2.24. The van der Waals surface area contributed by atoms with Crippen LogP contribution in [0.3, 0.4) is 0 Å². The maximum Gasteiger partial charge on any atom is 0.224 e. The molecule has 0 aromatic heterocycles. The molecule has 0 atom stereocenters. The summed E-state index contributed by atoms with van der Waals surface area (Å²) in [4.78, 5) is 25.6. The van der Waals surface area contributed by atoms with Crippen molar-refractivity contribution in [3.05, 3.63) is 54.6 Å². The number of primary amides is 1. The third-order valence-corrected chi connectivity index (χ3v) is 4.97. The lowest BCUT2D eigenvalue weighted by Crippen LogP contribution is -2.38. The zero-order valence-corrected chi connectivity index (χ0v) is 16.0. The molecule has 1 aliphatic rings. The Hall–Kier alpha value is -3.02. The van der Waals surface area contributed by atoms with Crippen LogP contribution in [0.1, 0.15) is 25.7 Å². The van der Waals surface area contributed by atoms with E-state index in [9.17, 15) is 9.59 Å². The van der Waals surface area contributed by atoms with E-state index in [0.29, 0.717) is 19.4 Å².